The van der Waals surface area contributed by atoms with E-state index in [0.29, 0.717) is 19.0 Å². The lowest BCUT2D eigenvalue weighted by Crippen LogP contribution is -2.31. The lowest BCUT2D eigenvalue weighted by atomic mass is 9.92. The van der Waals surface area contributed by atoms with Gasteiger partial charge >= 0.3 is 0 Å². The van der Waals surface area contributed by atoms with Crippen LogP contribution in [0.5, 0.6) is 0 Å². The lowest BCUT2D eigenvalue weighted by Gasteiger charge is -2.14. The summed E-state index contributed by atoms with van der Waals surface area (Å²) in [6.45, 7) is 7.85. The Bertz CT molecular complexity index is 409. The van der Waals surface area contributed by atoms with Gasteiger partial charge in [-0.25, -0.2) is 0 Å². The summed E-state index contributed by atoms with van der Waals surface area (Å²) in [6, 6.07) is 1.76. The fourth-order valence-corrected chi connectivity index (χ4v) is 1.55. The number of carbonyl (C=O) groups excluding carboxylic acids is 1. The zero-order chi connectivity index (χ0) is 14.5. The number of nitrogens with two attached hydrogens (primary N) is 1. The number of hydrogen-bond donors (Lipinski definition) is 2. The molecule has 0 unspecified atom stereocenters. The summed E-state index contributed by atoms with van der Waals surface area (Å²) in [4.78, 5) is 13.7. The fraction of sp³-hybridized carbons (Fsp3) is 0.692. The Labute approximate surface area is 114 Å². The number of carbonyl (C=O) groups is 1. The fourth-order valence-electron chi connectivity index (χ4n) is 1.55. The van der Waals surface area contributed by atoms with E-state index in [-0.39, 0.29) is 11.3 Å². The van der Waals surface area contributed by atoms with Crippen LogP contribution in [0.4, 0.5) is 5.88 Å². The number of aromatic nitrogens is 1. The number of likely N-dealkylation sites (N-methyl/N-ethyl adjacent to an activating group) is 1. The molecule has 6 nitrogen and oxygen atoms in total. The highest BCUT2D eigenvalue weighted by molar-refractivity contribution is 5.90. The molecule has 1 rings (SSSR count). The second-order valence-corrected chi connectivity index (χ2v) is 5.75. The van der Waals surface area contributed by atoms with Crippen molar-refractivity contribution >= 4 is 11.8 Å². The van der Waals surface area contributed by atoms with E-state index >= 15 is 0 Å². The van der Waals surface area contributed by atoms with E-state index in [0.717, 1.165) is 18.7 Å². The summed E-state index contributed by atoms with van der Waals surface area (Å²) in [6.07, 6.45) is 0.875. The normalized spacial score (nSPS) is 11.9. The van der Waals surface area contributed by atoms with E-state index in [1.54, 1.807) is 6.07 Å². The summed E-state index contributed by atoms with van der Waals surface area (Å²) in [7, 11) is 1.89. The molecule has 0 bridgehead atoms. The molecule has 0 spiro atoms. The molecule has 0 aromatic carbocycles. The van der Waals surface area contributed by atoms with Gasteiger partial charge in [0.15, 0.2) is 0 Å². The number of amides is 1. The van der Waals surface area contributed by atoms with Gasteiger partial charge in [0.1, 0.15) is 0 Å². The number of anilines is 1. The zero-order valence-corrected chi connectivity index (χ0v) is 12.2. The lowest BCUT2D eigenvalue weighted by molar-refractivity contribution is -0.117. The van der Waals surface area contributed by atoms with Crippen molar-refractivity contribution in [2.75, 3.05) is 32.0 Å². The summed E-state index contributed by atoms with van der Waals surface area (Å²) in [5, 5.41) is 6.65. The van der Waals surface area contributed by atoms with Crippen molar-refractivity contribution in [3.05, 3.63) is 11.8 Å². The first-order valence-electron chi connectivity index (χ1n) is 6.48. The van der Waals surface area contributed by atoms with Crippen molar-refractivity contribution < 1.29 is 9.32 Å². The number of nitrogens with one attached hydrogen (secondary N) is 1. The minimum absolute atomic E-state index is 0.0929. The van der Waals surface area contributed by atoms with Crippen LogP contribution in [0.25, 0.3) is 0 Å². The predicted octanol–water partition coefficient (Wildman–Crippen LogP) is 1.19. The van der Waals surface area contributed by atoms with Crippen molar-refractivity contribution in [2.24, 2.45) is 5.73 Å². The second-order valence-electron chi connectivity index (χ2n) is 5.75. The Morgan fingerprint density at radius 1 is 1.53 bits per heavy atom. The minimum Gasteiger partial charge on any atom is -0.338 e. The molecule has 0 aliphatic carbocycles. The van der Waals surface area contributed by atoms with Gasteiger partial charge in [-0.3, -0.25) is 15.0 Å². The van der Waals surface area contributed by atoms with Gasteiger partial charge in [-0.1, -0.05) is 25.9 Å². The van der Waals surface area contributed by atoms with Crippen LogP contribution in [0.2, 0.25) is 0 Å². The van der Waals surface area contributed by atoms with Crippen molar-refractivity contribution in [2.45, 2.75) is 32.6 Å². The molecular formula is C13H24N4O2. The maximum atomic E-state index is 11.8. The van der Waals surface area contributed by atoms with Crippen molar-refractivity contribution in [1.29, 1.82) is 0 Å². The Balaban J connectivity index is 2.46. The maximum Gasteiger partial charge on any atom is 0.240 e. The van der Waals surface area contributed by atoms with Crippen LogP contribution in [-0.4, -0.2) is 42.6 Å². The van der Waals surface area contributed by atoms with Gasteiger partial charge in [0.05, 0.1) is 12.2 Å². The third-order valence-electron chi connectivity index (χ3n) is 2.70. The van der Waals surface area contributed by atoms with Crippen molar-refractivity contribution in [3.8, 4) is 0 Å². The monoisotopic (exact) mass is 268 g/mol. The predicted molar refractivity (Wildman–Crippen MR) is 75.0 cm³/mol. The highest BCUT2D eigenvalue weighted by atomic mass is 16.5. The molecule has 1 amide bonds. The number of hydrogen-bond acceptors (Lipinski definition) is 5. The van der Waals surface area contributed by atoms with Gasteiger partial charge in [0, 0.05) is 11.5 Å². The van der Waals surface area contributed by atoms with Crippen LogP contribution in [-0.2, 0) is 10.2 Å². The molecule has 108 valence electrons. The van der Waals surface area contributed by atoms with E-state index in [1.165, 1.54) is 0 Å². The summed E-state index contributed by atoms with van der Waals surface area (Å²) in [5.74, 6) is 0.276. The van der Waals surface area contributed by atoms with E-state index in [2.05, 4.69) is 10.5 Å². The average molecular weight is 268 g/mol. The van der Waals surface area contributed by atoms with Crippen LogP contribution in [0.15, 0.2) is 10.6 Å². The van der Waals surface area contributed by atoms with Gasteiger partial charge in [0.25, 0.3) is 0 Å². The van der Waals surface area contributed by atoms with Gasteiger partial charge in [-0.15, -0.1) is 0 Å². The largest absolute Gasteiger partial charge is 0.338 e. The van der Waals surface area contributed by atoms with E-state index in [4.69, 9.17) is 10.3 Å². The third-order valence-corrected chi connectivity index (χ3v) is 2.70. The highest BCUT2D eigenvalue weighted by Crippen LogP contribution is 2.23. The van der Waals surface area contributed by atoms with Crippen LogP contribution in [0, 0.1) is 0 Å². The van der Waals surface area contributed by atoms with Crippen molar-refractivity contribution in [1.82, 2.24) is 10.1 Å². The zero-order valence-electron chi connectivity index (χ0n) is 12.2. The molecule has 6 heteroatoms. The van der Waals surface area contributed by atoms with Gasteiger partial charge in [0.2, 0.25) is 11.8 Å². The molecule has 0 atom stereocenters. The first-order chi connectivity index (χ1) is 8.82. The molecule has 0 fully saturated rings. The first-order valence-corrected chi connectivity index (χ1v) is 6.48. The summed E-state index contributed by atoms with van der Waals surface area (Å²) >= 11 is 0. The molecule has 1 aromatic rings. The molecule has 0 radical (unpaired) electrons. The molecule has 3 N–H and O–H groups in total. The molecule has 1 heterocycles. The Morgan fingerprint density at radius 2 is 2.21 bits per heavy atom. The average Bonchev–Trinajstić information content (AvgIpc) is 2.74. The van der Waals surface area contributed by atoms with Crippen LogP contribution in [0.1, 0.15) is 32.9 Å². The third kappa shape index (κ3) is 5.40. The quantitative estimate of drug-likeness (QED) is 0.809. The van der Waals surface area contributed by atoms with Crippen LogP contribution < -0.4 is 11.1 Å². The van der Waals surface area contributed by atoms with Crippen molar-refractivity contribution in [3.63, 3.8) is 0 Å². The van der Waals surface area contributed by atoms with Gasteiger partial charge < -0.3 is 10.3 Å². The van der Waals surface area contributed by atoms with Crippen LogP contribution in [0.3, 0.4) is 0 Å². The smallest absolute Gasteiger partial charge is 0.240 e. The number of rotatable bonds is 6. The number of nitrogens with zero attached hydrogens (tertiary/aromatic N) is 2. The van der Waals surface area contributed by atoms with E-state index < -0.39 is 0 Å². The minimum atomic E-state index is -0.115. The second kappa shape index (κ2) is 6.68. The van der Waals surface area contributed by atoms with Crippen LogP contribution >= 0.6 is 0 Å². The highest BCUT2D eigenvalue weighted by Gasteiger charge is 2.19. The van der Waals surface area contributed by atoms with E-state index in [9.17, 15) is 4.79 Å². The topological polar surface area (TPSA) is 84.4 Å². The van der Waals surface area contributed by atoms with Gasteiger partial charge in [-0.2, -0.15) is 0 Å². The Kier molecular flexibility index (Phi) is 5.50. The standard InChI is InChI=1S/C13H24N4O2/c1-13(2,3)10-8-12(19-16-10)15-11(18)9-17(4)7-5-6-14/h8H,5-7,9,14H2,1-4H3,(H,15,18). The molecule has 0 aliphatic heterocycles. The molecule has 1 aromatic heterocycles. The maximum absolute atomic E-state index is 11.8. The first kappa shape index (κ1) is 15.7. The van der Waals surface area contributed by atoms with E-state index in [1.807, 2.05) is 32.7 Å². The molecule has 0 saturated carbocycles. The Hall–Kier alpha value is -1.40. The molecule has 0 aliphatic rings. The Morgan fingerprint density at radius 3 is 2.74 bits per heavy atom. The SMILES string of the molecule is CN(CCCN)CC(=O)Nc1cc(C(C)(C)C)no1. The van der Waals surface area contributed by atoms with Gasteiger partial charge in [-0.05, 0) is 26.6 Å². The summed E-state index contributed by atoms with van der Waals surface area (Å²) in [5.41, 5.74) is 6.15. The molecule has 0 saturated heterocycles. The molecular weight excluding hydrogens is 244 g/mol. The molecule has 19 heavy (non-hydrogen) atoms. The summed E-state index contributed by atoms with van der Waals surface area (Å²) < 4.78 is 5.10.